The van der Waals surface area contributed by atoms with E-state index in [0.29, 0.717) is 12.5 Å². The van der Waals surface area contributed by atoms with Gasteiger partial charge in [0.25, 0.3) is 0 Å². The van der Waals surface area contributed by atoms with Crippen molar-refractivity contribution in [1.82, 2.24) is 9.88 Å². The average Bonchev–Trinajstić information content (AvgIpc) is 2.96. The summed E-state index contributed by atoms with van der Waals surface area (Å²) < 4.78 is 2.24. The van der Waals surface area contributed by atoms with E-state index in [0.717, 1.165) is 5.56 Å². The maximum absolute atomic E-state index is 10.8. The second kappa shape index (κ2) is 8.52. The summed E-state index contributed by atoms with van der Waals surface area (Å²) in [7, 11) is 1.87. The predicted molar refractivity (Wildman–Crippen MR) is 108 cm³/mol. The lowest BCUT2D eigenvalue weighted by atomic mass is 10.0. The molecule has 0 amide bonds. The van der Waals surface area contributed by atoms with Gasteiger partial charge in [-0.1, -0.05) is 62.4 Å². The number of hydrogen-bond donors (Lipinski definition) is 2. The maximum atomic E-state index is 10.8. The van der Waals surface area contributed by atoms with Gasteiger partial charge in [0.2, 0.25) is 0 Å². The largest absolute Gasteiger partial charge is 0.389 e. The number of aliphatic hydroxyl groups is 1. The number of aromatic nitrogens is 1. The molecule has 0 radical (unpaired) electrons. The summed E-state index contributed by atoms with van der Waals surface area (Å²) >= 11 is 0. The van der Waals surface area contributed by atoms with Crippen molar-refractivity contribution in [2.75, 3.05) is 13.6 Å². The molecule has 0 unspecified atom stereocenters. The number of nitrogens with one attached hydrogen (secondary N) is 1. The first-order chi connectivity index (χ1) is 11.6. The summed E-state index contributed by atoms with van der Waals surface area (Å²) in [5, 5.41) is 15.2. The fourth-order valence-corrected chi connectivity index (χ4v) is 3.46. The van der Waals surface area contributed by atoms with E-state index in [-0.39, 0.29) is 18.4 Å². The molecular formula is C21H27ClN2O. The summed E-state index contributed by atoms with van der Waals surface area (Å²) in [5.74, 6) is 0.439. The molecule has 3 rings (SSSR count). The highest BCUT2D eigenvalue weighted by Gasteiger charge is 2.25. The Morgan fingerprint density at radius 2 is 1.64 bits per heavy atom. The predicted octanol–water partition coefficient (Wildman–Crippen LogP) is 4.36. The van der Waals surface area contributed by atoms with E-state index < -0.39 is 6.10 Å². The van der Waals surface area contributed by atoms with E-state index in [2.05, 4.69) is 66.3 Å². The molecule has 134 valence electrons. The molecule has 2 aromatic carbocycles. The highest BCUT2D eigenvalue weighted by molar-refractivity contribution is 5.85. The molecule has 0 bridgehead atoms. The van der Waals surface area contributed by atoms with Crippen molar-refractivity contribution in [2.45, 2.75) is 31.9 Å². The number of halogens is 1. The SMILES string of the molecule is CNC[C@@H](O)[C@H](c1ccccc1)n1cc(C(C)C)c2ccccc21.Cl. The summed E-state index contributed by atoms with van der Waals surface area (Å²) in [6, 6.07) is 18.6. The first kappa shape index (κ1) is 19.5. The smallest absolute Gasteiger partial charge is 0.0912 e. The van der Waals surface area contributed by atoms with E-state index >= 15 is 0 Å². The second-order valence-corrected chi connectivity index (χ2v) is 6.64. The maximum Gasteiger partial charge on any atom is 0.0912 e. The van der Waals surface area contributed by atoms with Gasteiger partial charge in [0.05, 0.1) is 12.1 Å². The number of nitrogens with zero attached hydrogens (tertiary/aromatic N) is 1. The lowest BCUT2D eigenvalue weighted by molar-refractivity contribution is 0.132. The Morgan fingerprint density at radius 3 is 2.28 bits per heavy atom. The Kier molecular flexibility index (Phi) is 6.65. The van der Waals surface area contributed by atoms with Gasteiger partial charge in [-0.3, -0.25) is 0 Å². The molecule has 1 heterocycles. The van der Waals surface area contributed by atoms with Crippen LogP contribution < -0.4 is 5.32 Å². The summed E-state index contributed by atoms with van der Waals surface area (Å²) in [4.78, 5) is 0. The van der Waals surface area contributed by atoms with E-state index in [9.17, 15) is 5.11 Å². The summed E-state index contributed by atoms with van der Waals surface area (Å²) in [6.07, 6.45) is 1.71. The average molecular weight is 359 g/mol. The van der Waals surface area contributed by atoms with Gasteiger partial charge >= 0.3 is 0 Å². The van der Waals surface area contributed by atoms with Gasteiger partial charge in [0.1, 0.15) is 0 Å². The van der Waals surface area contributed by atoms with Crippen LogP contribution in [0.5, 0.6) is 0 Å². The molecule has 0 spiro atoms. The molecule has 4 heteroatoms. The van der Waals surface area contributed by atoms with Crippen LogP contribution in [0.3, 0.4) is 0 Å². The Balaban J connectivity index is 0.00000225. The van der Waals surface area contributed by atoms with Crippen LogP contribution in [0.4, 0.5) is 0 Å². The van der Waals surface area contributed by atoms with Crippen molar-refractivity contribution in [3.8, 4) is 0 Å². The first-order valence-corrected chi connectivity index (χ1v) is 8.60. The molecule has 1 aromatic heterocycles. The Bertz CT molecular complexity index is 798. The third-order valence-electron chi connectivity index (χ3n) is 4.61. The van der Waals surface area contributed by atoms with Gasteiger partial charge in [-0.15, -0.1) is 12.4 Å². The molecule has 2 N–H and O–H groups in total. The van der Waals surface area contributed by atoms with Crippen molar-refractivity contribution in [3.63, 3.8) is 0 Å². The van der Waals surface area contributed by atoms with Crippen LogP contribution in [0.2, 0.25) is 0 Å². The van der Waals surface area contributed by atoms with Crippen LogP contribution in [0.25, 0.3) is 10.9 Å². The Morgan fingerprint density at radius 1 is 1.00 bits per heavy atom. The van der Waals surface area contributed by atoms with E-state index in [1.807, 2.05) is 25.2 Å². The summed E-state index contributed by atoms with van der Waals surface area (Å²) in [5.41, 5.74) is 3.62. The normalized spacial score (nSPS) is 13.6. The zero-order chi connectivity index (χ0) is 17.1. The highest BCUT2D eigenvalue weighted by atomic mass is 35.5. The molecule has 3 aromatic rings. The van der Waals surface area contributed by atoms with Crippen molar-refractivity contribution in [2.24, 2.45) is 0 Å². The molecule has 0 aliphatic rings. The van der Waals surface area contributed by atoms with Crippen LogP contribution in [0.1, 0.15) is 36.9 Å². The number of aliphatic hydroxyl groups excluding tert-OH is 1. The number of rotatable bonds is 6. The van der Waals surface area contributed by atoms with E-state index in [1.54, 1.807) is 0 Å². The minimum Gasteiger partial charge on any atom is -0.389 e. The van der Waals surface area contributed by atoms with Gasteiger partial charge < -0.3 is 15.0 Å². The third-order valence-corrected chi connectivity index (χ3v) is 4.61. The molecule has 0 saturated heterocycles. The number of likely N-dealkylation sites (N-methyl/N-ethyl adjacent to an activating group) is 1. The van der Waals surface area contributed by atoms with Crippen molar-refractivity contribution >= 4 is 23.3 Å². The van der Waals surface area contributed by atoms with Crippen molar-refractivity contribution < 1.29 is 5.11 Å². The zero-order valence-electron chi connectivity index (χ0n) is 15.0. The number of fused-ring (bicyclic) bond motifs is 1. The lowest BCUT2D eigenvalue weighted by Gasteiger charge is -2.26. The number of benzene rings is 2. The quantitative estimate of drug-likeness (QED) is 0.687. The third kappa shape index (κ3) is 3.90. The van der Waals surface area contributed by atoms with Crippen LogP contribution >= 0.6 is 12.4 Å². The van der Waals surface area contributed by atoms with Gasteiger partial charge in [-0.05, 0) is 30.2 Å². The minimum atomic E-state index is -0.506. The molecular weight excluding hydrogens is 332 g/mol. The Hall–Kier alpha value is -1.81. The topological polar surface area (TPSA) is 37.2 Å². The molecule has 3 nitrogen and oxygen atoms in total. The standard InChI is InChI=1S/C21H26N2O.ClH/c1-15(2)18-14-23(19-12-8-7-11-17(18)19)21(20(24)13-22-3)16-9-5-4-6-10-16;/h4-12,14-15,20-22,24H,13H2,1-3H3;1H/t20-,21+;/m1./s1. The molecule has 0 saturated carbocycles. The Labute approximate surface area is 156 Å². The molecule has 2 atom stereocenters. The fourth-order valence-electron chi connectivity index (χ4n) is 3.46. The van der Waals surface area contributed by atoms with Gasteiger partial charge in [0, 0.05) is 23.6 Å². The van der Waals surface area contributed by atoms with E-state index in [4.69, 9.17) is 0 Å². The monoisotopic (exact) mass is 358 g/mol. The summed E-state index contributed by atoms with van der Waals surface area (Å²) in [6.45, 7) is 4.98. The highest BCUT2D eigenvalue weighted by Crippen LogP contribution is 2.33. The van der Waals surface area contributed by atoms with Crippen LogP contribution in [0.15, 0.2) is 60.8 Å². The number of hydrogen-bond acceptors (Lipinski definition) is 2. The number of para-hydroxylation sites is 1. The molecule has 25 heavy (non-hydrogen) atoms. The molecule has 0 aliphatic heterocycles. The zero-order valence-corrected chi connectivity index (χ0v) is 15.8. The van der Waals surface area contributed by atoms with Crippen LogP contribution in [-0.2, 0) is 0 Å². The van der Waals surface area contributed by atoms with E-state index in [1.165, 1.54) is 16.5 Å². The first-order valence-electron chi connectivity index (χ1n) is 8.60. The minimum absolute atomic E-state index is 0. The van der Waals surface area contributed by atoms with Gasteiger partial charge in [-0.25, -0.2) is 0 Å². The van der Waals surface area contributed by atoms with Crippen LogP contribution in [-0.4, -0.2) is 29.4 Å². The molecule has 0 fully saturated rings. The lowest BCUT2D eigenvalue weighted by Crippen LogP contribution is -2.33. The van der Waals surface area contributed by atoms with Gasteiger partial charge in [0.15, 0.2) is 0 Å². The second-order valence-electron chi connectivity index (χ2n) is 6.64. The van der Waals surface area contributed by atoms with Crippen LogP contribution in [0, 0.1) is 0 Å². The van der Waals surface area contributed by atoms with Crippen molar-refractivity contribution in [1.29, 1.82) is 0 Å². The van der Waals surface area contributed by atoms with Crippen molar-refractivity contribution in [3.05, 3.63) is 71.9 Å². The van der Waals surface area contributed by atoms with Gasteiger partial charge in [-0.2, -0.15) is 0 Å². The fraction of sp³-hybridized carbons (Fsp3) is 0.333. The molecule has 0 aliphatic carbocycles.